The molecule has 94 valence electrons. The van der Waals surface area contributed by atoms with E-state index < -0.39 is 10.5 Å². The molecule has 0 aliphatic heterocycles. The summed E-state index contributed by atoms with van der Waals surface area (Å²) in [6.07, 6.45) is 0. The summed E-state index contributed by atoms with van der Waals surface area (Å²) in [5.41, 5.74) is 0.430. The van der Waals surface area contributed by atoms with Gasteiger partial charge < -0.3 is 4.42 Å². The molecule has 0 bridgehead atoms. The number of nitro benzene ring substituents is 1. The highest BCUT2D eigenvalue weighted by atomic mass is 16.6. The molecule has 0 aliphatic carbocycles. The fraction of sp³-hybridized carbons (Fsp3) is 0.0714. The van der Waals surface area contributed by atoms with Gasteiger partial charge in [-0.1, -0.05) is 18.2 Å². The van der Waals surface area contributed by atoms with E-state index in [4.69, 9.17) is 4.42 Å². The van der Waals surface area contributed by atoms with Crippen LogP contribution < -0.4 is 5.63 Å². The van der Waals surface area contributed by atoms with Crippen LogP contribution in [0.25, 0.3) is 21.7 Å². The number of hydrogen-bond donors (Lipinski definition) is 0. The Labute approximate surface area is 107 Å². The minimum Gasteiger partial charge on any atom is -0.422 e. The van der Waals surface area contributed by atoms with Gasteiger partial charge in [-0.25, -0.2) is 4.79 Å². The van der Waals surface area contributed by atoms with Gasteiger partial charge in [-0.2, -0.15) is 0 Å². The first-order valence-electron chi connectivity index (χ1n) is 5.68. The van der Waals surface area contributed by atoms with Crippen molar-refractivity contribution in [2.45, 2.75) is 6.92 Å². The molecule has 1 aromatic heterocycles. The SMILES string of the molecule is Cc1cc(=O)oc2cc([N+](=O)[O-])c3ccccc3c12. The quantitative estimate of drug-likeness (QED) is 0.290. The Morgan fingerprint density at radius 2 is 1.84 bits per heavy atom. The normalized spacial score (nSPS) is 11.0. The van der Waals surface area contributed by atoms with Crippen molar-refractivity contribution in [3.8, 4) is 0 Å². The lowest BCUT2D eigenvalue weighted by atomic mass is 10.0. The van der Waals surface area contributed by atoms with Gasteiger partial charge in [-0.15, -0.1) is 0 Å². The first kappa shape index (κ1) is 11.4. The molecule has 0 unspecified atom stereocenters. The molecular formula is C14H9NO4. The minimum absolute atomic E-state index is 0.0585. The van der Waals surface area contributed by atoms with Crippen molar-refractivity contribution in [1.82, 2.24) is 0 Å². The summed E-state index contributed by atoms with van der Waals surface area (Å²) in [7, 11) is 0. The molecule has 0 atom stereocenters. The molecule has 0 saturated heterocycles. The maximum atomic E-state index is 11.4. The second kappa shape index (κ2) is 3.91. The lowest BCUT2D eigenvalue weighted by Gasteiger charge is -2.06. The number of hydrogen-bond acceptors (Lipinski definition) is 4. The third-order valence-corrected chi connectivity index (χ3v) is 3.12. The topological polar surface area (TPSA) is 73.3 Å². The Bertz CT molecular complexity index is 880. The van der Waals surface area contributed by atoms with Crippen LogP contribution in [0.4, 0.5) is 5.69 Å². The summed E-state index contributed by atoms with van der Waals surface area (Å²) in [6, 6.07) is 9.73. The summed E-state index contributed by atoms with van der Waals surface area (Å²) < 4.78 is 5.08. The molecule has 3 aromatic rings. The summed E-state index contributed by atoms with van der Waals surface area (Å²) in [5.74, 6) is 0. The van der Waals surface area contributed by atoms with Gasteiger partial charge in [-0.3, -0.25) is 10.1 Å². The summed E-state index contributed by atoms with van der Waals surface area (Å²) in [5, 5.41) is 13.1. The molecule has 19 heavy (non-hydrogen) atoms. The van der Waals surface area contributed by atoms with E-state index >= 15 is 0 Å². The van der Waals surface area contributed by atoms with Gasteiger partial charge in [0, 0.05) is 11.5 Å². The average molecular weight is 255 g/mol. The molecule has 2 aromatic carbocycles. The monoisotopic (exact) mass is 255 g/mol. The molecule has 1 heterocycles. The molecule has 3 rings (SSSR count). The van der Waals surface area contributed by atoms with E-state index in [9.17, 15) is 14.9 Å². The fourth-order valence-corrected chi connectivity index (χ4v) is 2.36. The van der Waals surface area contributed by atoms with Crippen LogP contribution in [0.5, 0.6) is 0 Å². The Morgan fingerprint density at radius 3 is 2.53 bits per heavy atom. The van der Waals surface area contributed by atoms with Crippen LogP contribution in [0.1, 0.15) is 5.56 Å². The fourth-order valence-electron chi connectivity index (χ4n) is 2.36. The van der Waals surface area contributed by atoms with E-state index in [0.29, 0.717) is 10.8 Å². The van der Waals surface area contributed by atoms with Crippen LogP contribution in [-0.4, -0.2) is 4.92 Å². The van der Waals surface area contributed by atoms with Crippen LogP contribution in [-0.2, 0) is 0 Å². The van der Waals surface area contributed by atoms with Gasteiger partial charge in [0.25, 0.3) is 5.69 Å². The molecule has 5 nitrogen and oxygen atoms in total. The predicted molar refractivity (Wildman–Crippen MR) is 71.4 cm³/mol. The molecule has 0 saturated carbocycles. The maximum absolute atomic E-state index is 11.4. The molecule has 5 heteroatoms. The van der Waals surface area contributed by atoms with Gasteiger partial charge >= 0.3 is 5.63 Å². The minimum atomic E-state index is -0.505. The Kier molecular flexibility index (Phi) is 2.35. The van der Waals surface area contributed by atoms with E-state index in [1.165, 1.54) is 12.1 Å². The van der Waals surface area contributed by atoms with Gasteiger partial charge in [-0.05, 0) is 23.9 Å². The van der Waals surface area contributed by atoms with Gasteiger partial charge in [0.05, 0.1) is 16.4 Å². The first-order chi connectivity index (χ1) is 9.08. The number of fused-ring (bicyclic) bond motifs is 3. The molecule has 0 fully saturated rings. The van der Waals surface area contributed by atoms with Crippen LogP contribution in [0, 0.1) is 17.0 Å². The predicted octanol–water partition coefficient (Wildman–Crippen LogP) is 3.16. The van der Waals surface area contributed by atoms with Crippen molar-refractivity contribution in [3.63, 3.8) is 0 Å². The van der Waals surface area contributed by atoms with Crippen molar-refractivity contribution >= 4 is 27.4 Å². The average Bonchev–Trinajstić information content (AvgIpc) is 2.36. The summed E-state index contributed by atoms with van der Waals surface area (Å²) >= 11 is 0. The standard InChI is InChI=1S/C14H9NO4/c1-8-6-13(16)19-12-7-11(15(17)18)9-4-2-3-5-10(9)14(8)12/h2-7H,1H3. The van der Waals surface area contributed by atoms with E-state index in [2.05, 4.69) is 0 Å². The van der Waals surface area contributed by atoms with Crippen LogP contribution in [0.2, 0.25) is 0 Å². The van der Waals surface area contributed by atoms with Crippen LogP contribution >= 0.6 is 0 Å². The molecule has 0 N–H and O–H groups in total. The number of aryl methyl sites for hydroxylation is 1. The zero-order chi connectivity index (χ0) is 13.6. The molecule has 0 amide bonds. The summed E-state index contributed by atoms with van der Waals surface area (Å²) in [4.78, 5) is 22.0. The number of non-ortho nitro benzene ring substituents is 1. The molecule has 0 aliphatic rings. The third-order valence-electron chi connectivity index (χ3n) is 3.12. The Balaban J connectivity index is 2.65. The lowest BCUT2D eigenvalue weighted by molar-refractivity contribution is -0.383. The highest BCUT2D eigenvalue weighted by Crippen LogP contribution is 2.33. The van der Waals surface area contributed by atoms with Crippen molar-refractivity contribution < 1.29 is 9.34 Å². The number of rotatable bonds is 1. The maximum Gasteiger partial charge on any atom is 0.336 e. The van der Waals surface area contributed by atoms with Crippen molar-refractivity contribution in [2.24, 2.45) is 0 Å². The van der Waals surface area contributed by atoms with E-state index in [1.54, 1.807) is 31.2 Å². The second-order valence-electron chi connectivity index (χ2n) is 4.32. The van der Waals surface area contributed by atoms with Gasteiger partial charge in [0.2, 0.25) is 0 Å². The summed E-state index contributed by atoms with van der Waals surface area (Å²) in [6.45, 7) is 1.79. The third kappa shape index (κ3) is 1.67. The molecular weight excluding hydrogens is 246 g/mol. The highest BCUT2D eigenvalue weighted by molar-refractivity contribution is 6.11. The largest absolute Gasteiger partial charge is 0.422 e. The Morgan fingerprint density at radius 1 is 1.16 bits per heavy atom. The smallest absolute Gasteiger partial charge is 0.336 e. The van der Waals surface area contributed by atoms with Crippen molar-refractivity contribution in [3.05, 3.63) is 62.5 Å². The zero-order valence-electron chi connectivity index (χ0n) is 10.0. The van der Waals surface area contributed by atoms with Gasteiger partial charge in [0.1, 0.15) is 5.58 Å². The van der Waals surface area contributed by atoms with Crippen LogP contribution in [0.3, 0.4) is 0 Å². The molecule has 0 spiro atoms. The molecule has 0 radical (unpaired) electrons. The first-order valence-corrected chi connectivity index (χ1v) is 5.68. The number of nitro groups is 1. The number of benzene rings is 2. The lowest BCUT2D eigenvalue weighted by Crippen LogP contribution is -1.99. The van der Waals surface area contributed by atoms with Crippen LogP contribution in [0.15, 0.2) is 45.6 Å². The highest BCUT2D eigenvalue weighted by Gasteiger charge is 2.17. The zero-order valence-corrected chi connectivity index (χ0v) is 10.0. The van der Waals surface area contributed by atoms with Crippen molar-refractivity contribution in [1.29, 1.82) is 0 Å². The second-order valence-corrected chi connectivity index (χ2v) is 4.32. The van der Waals surface area contributed by atoms with Crippen molar-refractivity contribution in [2.75, 3.05) is 0 Å². The van der Waals surface area contributed by atoms with Gasteiger partial charge in [0.15, 0.2) is 0 Å². The number of nitrogens with zero attached hydrogens (tertiary/aromatic N) is 1. The van der Waals surface area contributed by atoms with E-state index in [1.807, 2.05) is 0 Å². The van der Waals surface area contributed by atoms with E-state index in [-0.39, 0.29) is 11.3 Å². The Hall–Kier alpha value is -2.69. The van der Waals surface area contributed by atoms with E-state index in [0.717, 1.165) is 10.9 Å².